The molecular formula is C17H30N2O. The molecule has 2 atom stereocenters. The fourth-order valence-electron chi connectivity index (χ4n) is 2.55. The van der Waals surface area contributed by atoms with Crippen molar-refractivity contribution in [2.45, 2.75) is 39.3 Å². The molecule has 1 N–H and O–H groups in total. The van der Waals surface area contributed by atoms with Crippen LogP contribution in [0.25, 0.3) is 0 Å². The second-order valence-corrected chi connectivity index (χ2v) is 6.04. The Morgan fingerprint density at radius 1 is 1.25 bits per heavy atom. The quantitative estimate of drug-likeness (QED) is 0.789. The molecule has 3 heteroatoms. The lowest BCUT2D eigenvalue weighted by Crippen LogP contribution is -2.37. The van der Waals surface area contributed by atoms with Crippen LogP contribution >= 0.6 is 0 Å². The average Bonchev–Trinajstić information content (AvgIpc) is 2.43. The van der Waals surface area contributed by atoms with Gasteiger partial charge in [0, 0.05) is 18.6 Å². The van der Waals surface area contributed by atoms with E-state index in [9.17, 15) is 0 Å². The van der Waals surface area contributed by atoms with E-state index in [1.54, 1.807) is 7.11 Å². The Balaban J connectivity index is 2.70. The van der Waals surface area contributed by atoms with Crippen molar-refractivity contribution >= 4 is 0 Å². The lowest BCUT2D eigenvalue weighted by molar-refractivity contribution is 0.208. The summed E-state index contributed by atoms with van der Waals surface area (Å²) in [5.74, 6) is 1.65. The number of methoxy groups -OCH3 is 1. The maximum absolute atomic E-state index is 5.31. The van der Waals surface area contributed by atoms with Gasteiger partial charge >= 0.3 is 0 Å². The van der Waals surface area contributed by atoms with Crippen LogP contribution < -0.4 is 10.1 Å². The molecule has 0 spiro atoms. The van der Waals surface area contributed by atoms with Crippen molar-refractivity contribution in [1.82, 2.24) is 10.2 Å². The minimum atomic E-state index is 0.324. The second-order valence-electron chi connectivity index (χ2n) is 6.04. The van der Waals surface area contributed by atoms with E-state index in [-0.39, 0.29) is 0 Å². The molecule has 1 aromatic rings. The fraction of sp³-hybridized carbons (Fsp3) is 0.647. The van der Waals surface area contributed by atoms with E-state index in [2.05, 4.69) is 56.2 Å². The van der Waals surface area contributed by atoms with Crippen LogP contribution in [0, 0.1) is 5.92 Å². The summed E-state index contributed by atoms with van der Waals surface area (Å²) in [5, 5.41) is 3.41. The first-order chi connectivity index (χ1) is 9.47. The predicted molar refractivity (Wildman–Crippen MR) is 86.3 cm³/mol. The highest BCUT2D eigenvalue weighted by atomic mass is 16.5. The topological polar surface area (TPSA) is 24.5 Å². The van der Waals surface area contributed by atoms with Gasteiger partial charge in [-0.25, -0.2) is 0 Å². The van der Waals surface area contributed by atoms with Crippen molar-refractivity contribution in [3.8, 4) is 5.75 Å². The molecule has 3 nitrogen and oxygen atoms in total. The Kier molecular flexibility index (Phi) is 7.03. The maximum atomic E-state index is 5.31. The number of hydrogen-bond acceptors (Lipinski definition) is 3. The van der Waals surface area contributed by atoms with E-state index in [0.29, 0.717) is 12.1 Å². The molecule has 0 saturated heterocycles. The first kappa shape index (κ1) is 17.0. The molecule has 2 unspecified atom stereocenters. The van der Waals surface area contributed by atoms with Gasteiger partial charge in [-0.05, 0) is 51.1 Å². The number of ether oxygens (including phenoxy) is 1. The van der Waals surface area contributed by atoms with Gasteiger partial charge in [0.15, 0.2) is 0 Å². The molecule has 0 radical (unpaired) electrons. The molecule has 0 aliphatic heterocycles. The van der Waals surface area contributed by atoms with Crippen LogP contribution in [0.4, 0.5) is 0 Å². The van der Waals surface area contributed by atoms with Crippen LogP contribution in [0.5, 0.6) is 5.75 Å². The second kappa shape index (κ2) is 8.28. The van der Waals surface area contributed by atoms with Crippen LogP contribution in [-0.2, 0) is 0 Å². The molecule has 0 bridgehead atoms. The van der Waals surface area contributed by atoms with E-state index in [4.69, 9.17) is 4.74 Å². The van der Waals surface area contributed by atoms with E-state index >= 15 is 0 Å². The number of benzene rings is 1. The van der Waals surface area contributed by atoms with Gasteiger partial charge in [0.1, 0.15) is 5.75 Å². The fourth-order valence-corrected chi connectivity index (χ4v) is 2.55. The van der Waals surface area contributed by atoms with Gasteiger partial charge in [-0.15, -0.1) is 0 Å². The van der Waals surface area contributed by atoms with Crippen molar-refractivity contribution in [3.63, 3.8) is 0 Å². The van der Waals surface area contributed by atoms with Crippen LogP contribution in [0.15, 0.2) is 24.3 Å². The van der Waals surface area contributed by atoms with Gasteiger partial charge in [0.25, 0.3) is 0 Å². The molecule has 0 saturated carbocycles. The van der Waals surface area contributed by atoms with E-state index < -0.39 is 0 Å². The third-order valence-electron chi connectivity index (χ3n) is 3.88. The molecule has 1 rings (SSSR count). The standard InChI is InChI=1S/C17H30N2O/c1-13(2)10-14(3)19(5)12-17(18-4)15-8-7-9-16(11-15)20-6/h7-9,11,13-14,17-18H,10,12H2,1-6H3. The lowest BCUT2D eigenvalue weighted by atomic mass is 10.0. The van der Waals surface area contributed by atoms with Crippen molar-refractivity contribution in [1.29, 1.82) is 0 Å². The lowest BCUT2D eigenvalue weighted by Gasteiger charge is -2.30. The van der Waals surface area contributed by atoms with Gasteiger partial charge < -0.3 is 15.0 Å². The summed E-state index contributed by atoms with van der Waals surface area (Å²) in [7, 11) is 5.94. The van der Waals surface area contributed by atoms with Crippen molar-refractivity contribution in [2.24, 2.45) is 5.92 Å². The Morgan fingerprint density at radius 3 is 2.50 bits per heavy atom. The average molecular weight is 278 g/mol. The third-order valence-corrected chi connectivity index (χ3v) is 3.88. The summed E-state index contributed by atoms with van der Waals surface area (Å²) in [5.41, 5.74) is 1.27. The smallest absolute Gasteiger partial charge is 0.119 e. The SMILES string of the molecule is CNC(CN(C)C(C)CC(C)C)c1cccc(OC)c1. The summed E-state index contributed by atoms with van der Waals surface area (Å²) < 4.78 is 5.31. The van der Waals surface area contributed by atoms with Crippen molar-refractivity contribution in [2.75, 3.05) is 27.7 Å². The summed E-state index contributed by atoms with van der Waals surface area (Å²) >= 11 is 0. The summed E-state index contributed by atoms with van der Waals surface area (Å²) in [6.45, 7) is 7.86. The highest BCUT2D eigenvalue weighted by molar-refractivity contribution is 5.30. The molecule has 0 aromatic heterocycles. The zero-order chi connectivity index (χ0) is 15.1. The van der Waals surface area contributed by atoms with Crippen molar-refractivity contribution in [3.05, 3.63) is 29.8 Å². The molecule has 0 aliphatic carbocycles. The number of nitrogens with zero attached hydrogens (tertiary/aromatic N) is 1. The molecule has 0 fully saturated rings. The minimum Gasteiger partial charge on any atom is -0.497 e. The number of hydrogen-bond donors (Lipinski definition) is 1. The van der Waals surface area contributed by atoms with Gasteiger partial charge in [-0.3, -0.25) is 0 Å². The Hall–Kier alpha value is -1.06. The summed E-state index contributed by atoms with van der Waals surface area (Å²) in [4.78, 5) is 2.43. The van der Waals surface area contributed by atoms with Crippen LogP contribution in [-0.4, -0.2) is 38.7 Å². The zero-order valence-electron chi connectivity index (χ0n) is 13.8. The van der Waals surface area contributed by atoms with Gasteiger partial charge in [-0.1, -0.05) is 26.0 Å². The van der Waals surface area contributed by atoms with Gasteiger partial charge in [0.2, 0.25) is 0 Å². The van der Waals surface area contributed by atoms with E-state index in [0.717, 1.165) is 18.2 Å². The van der Waals surface area contributed by atoms with Gasteiger partial charge in [0.05, 0.1) is 7.11 Å². The minimum absolute atomic E-state index is 0.324. The first-order valence-electron chi connectivity index (χ1n) is 7.49. The normalized spacial score (nSPS) is 14.6. The maximum Gasteiger partial charge on any atom is 0.119 e. The molecule has 0 aliphatic rings. The Morgan fingerprint density at radius 2 is 1.95 bits per heavy atom. The highest BCUT2D eigenvalue weighted by Gasteiger charge is 2.17. The molecule has 0 heterocycles. The molecular weight excluding hydrogens is 248 g/mol. The first-order valence-corrected chi connectivity index (χ1v) is 7.49. The summed E-state index contributed by atoms with van der Waals surface area (Å²) in [6, 6.07) is 9.23. The molecule has 114 valence electrons. The number of rotatable bonds is 8. The van der Waals surface area contributed by atoms with Crippen LogP contribution in [0.1, 0.15) is 38.8 Å². The number of nitrogens with one attached hydrogen (secondary N) is 1. The largest absolute Gasteiger partial charge is 0.497 e. The summed E-state index contributed by atoms with van der Waals surface area (Å²) in [6.07, 6.45) is 1.23. The van der Waals surface area contributed by atoms with E-state index in [1.807, 2.05) is 13.1 Å². The van der Waals surface area contributed by atoms with Crippen LogP contribution in [0.3, 0.4) is 0 Å². The molecule has 0 amide bonds. The van der Waals surface area contributed by atoms with E-state index in [1.165, 1.54) is 12.0 Å². The van der Waals surface area contributed by atoms with Crippen LogP contribution in [0.2, 0.25) is 0 Å². The monoisotopic (exact) mass is 278 g/mol. The zero-order valence-corrected chi connectivity index (χ0v) is 13.8. The Bertz CT molecular complexity index is 392. The van der Waals surface area contributed by atoms with Gasteiger partial charge in [-0.2, -0.15) is 0 Å². The Labute approximate surface area is 124 Å². The predicted octanol–water partition coefficient (Wildman–Crippen LogP) is 3.32. The highest BCUT2D eigenvalue weighted by Crippen LogP contribution is 2.21. The third kappa shape index (κ3) is 5.14. The number of likely N-dealkylation sites (N-methyl/N-ethyl adjacent to an activating group) is 2. The molecule has 20 heavy (non-hydrogen) atoms. The van der Waals surface area contributed by atoms with Crippen molar-refractivity contribution < 1.29 is 4.74 Å². The molecule has 1 aromatic carbocycles.